The Kier molecular flexibility index (Phi) is 4.43. The zero-order chi connectivity index (χ0) is 17.1. The van der Waals surface area contributed by atoms with Crippen molar-refractivity contribution in [2.75, 3.05) is 19.4 Å². The number of carbonyl (C=O) groups is 1. The van der Waals surface area contributed by atoms with Crippen LogP contribution >= 0.6 is 0 Å². The molecule has 1 aromatic carbocycles. The van der Waals surface area contributed by atoms with Crippen LogP contribution < -0.4 is 5.32 Å². The topological polar surface area (TPSA) is 87.1 Å². The molecule has 3 rings (SSSR count). The van der Waals surface area contributed by atoms with Crippen molar-refractivity contribution in [3.05, 3.63) is 53.7 Å². The van der Waals surface area contributed by atoms with Gasteiger partial charge in [0.2, 0.25) is 0 Å². The first-order valence-electron chi connectivity index (χ1n) is 7.54. The molecule has 0 unspecified atom stereocenters. The van der Waals surface area contributed by atoms with Gasteiger partial charge in [0.1, 0.15) is 12.1 Å². The van der Waals surface area contributed by atoms with Gasteiger partial charge in [0.05, 0.1) is 12.2 Å². The number of rotatable bonds is 5. The van der Waals surface area contributed by atoms with Crippen molar-refractivity contribution in [1.29, 1.82) is 0 Å². The highest BCUT2D eigenvalue weighted by atomic mass is 16.4. The fraction of sp³-hybridized carbons (Fsp3) is 0.235. The lowest BCUT2D eigenvalue weighted by atomic mass is 10.1. The van der Waals surface area contributed by atoms with Gasteiger partial charge in [-0.25, -0.2) is 4.98 Å². The first-order valence-corrected chi connectivity index (χ1v) is 7.54. The molecule has 2 N–H and O–H groups in total. The third-order valence-corrected chi connectivity index (χ3v) is 3.45. The molecule has 7 heteroatoms. The molecular weight excluding hydrogens is 306 g/mol. The van der Waals surface area contributed by atoms with Gasteiger partial charge in [-0.3, -0.25) is 9.89 Å². The van der Waals surface area contributed by atoms with Crippen LogP contribution in [0.15, 0.2) is 41.1 Å². The number of amides is 1. The Bertz CT molecular complexity index is 837. The molecule has 0 saturated carbocycles. The monoisotopic (exact) mass is 325 g/mol. The van der Waals surface area contributed by atoms with Gasteiger partial charge in [-0.2, -0.15) is 5.10 Å². The quantitative estimate of drug-likeness (QED) is 0.753. The third kappa shape index (κ3) is 3.52. The average Bonchev–Trinajstić information content (AvgIpc) is 3.19. The number of benzene rings is 1. The lowest BCUT2D eigenvalue weighted by Crippen LogP contribution is -2.12. The molecule has 2 aromatic heterocycles. The third-order valence-electron chi connectivity index (χ3n) is 3.45. The lowest BCUT2D eigenvalue weighted by Gasteiger charge is -2.09. The molecule has 0 aliphatic heterocycles. The lowest BCUT2D eigenvalue weighted by molar-refractivity contribution is 0.0993. The molecule has 2 heterocycles. The molecular formula is C17H19N5O2. The van der Waals surface area contributed by atoms with Gasteiger partial charge in [-0.1, -0.05) is 11.6 Å². The van der Waals surface area contributed by atoms with E-state index < -0.39 is 0 Å². The molecule has 0 fully saturated rings. The standard InChI is InChI=1S/C17H19N5O2/c1-11-4-6-14(13(8-11)16-18-10-19-21-16)20-17(23)15-7-5-12(24-15)9-22(2)3/h4-8,10H,9H2,1-3H3,(H,20,23)(H,18,19,21). The van der Waals surface area contributed by atoms with Crippen LogP contribution in [-0.2, 0) is 6.54 Å². The number of aryl methyl sites for hydroxylation is 1. The van der Waals surface area contributed by atoms with Gasteiger partial charge < -0.3 is 14.6 Å². The van der Waals surface area contributed by atoms with Crippen molar-refractivity contribution in [2.45, 2.75) is 13.5 Å². The van der Waals surface area contributed by atoms with E-state index in [1.54, 1.807) is 12.1 Å². The van der Waals surface area contributed by atoms with Crippen molar-refractivity contribution >= 4 is 11.6 Å². The summed E-state index contributed by atoms with van der Waals surface area (Å²) in [5.41, 5.74) is 2.49. The summed E-state index contributed by atoms with van der Waals surface area (Å²) in [5.74, 6) is 1.31. The molecule has 0 bridgehead atoms. The van der Waals surface area contributed by atoms with Crippen LogP contribution in [-0.4, -0.2) is 40.1 Å². The Hall–Kier alpha value is -2.93. The number of aromatic amines is 1. The van der Waals surface area contributed by atoms with E-state index in [9.17, 15) is 4.79 Å². The molecule has 0 radical (unpaired) electrons. The van der Waals surface area contributed by atoms with E-state index >= 15 is 0 Å². The number of nitrogens with zero attached hydrogens (tertiary/aromatic N) is 3. The number of hydrogen-bond donors (Lipinski definition) is 2. The Morgan fingerprint density at radius 3 is 2.83 bits per heavy atom. The summed E-state index contributed by atoms with van der Waals surface area (Å²) >= 11 is 0. The molecule has 0 aliphatic carbocycles. The molecule has 0 aliphatic rings. The second-order valence-corrected chi connectivity index (χ2v) is 5.84. The zero-order valence-electron chi connectivity index (χ0n) is 13.8. The number of H-pyrrole nitrogens is 1. The molecule has 0 atom stereocenters. The second kappa shape index (κ2) is 6.67. The van der Waals surface area contributed by atoms with E-state index in [1.165, 1.54) is 6.33 Å². The van der Waals surface area contributed by atoms with Crippen molar-refractivity contribution in [3.63, 3.8) is 0 Å². The summed E-state index contributed by atoms with van der Waals surface area (Å²) in [4.78, 5) is 18.6. The number of anilines is 1. The first-order chi connectivity index (χ1) is 11.5. The summed E-state index contributed by atoms with van der Waals surface area (Å²) in [5, 5.41) is 9.56. The predicted molar refractivity (Wildman–Crippen MR) is 90.6 cm³/mol. The van der Waals surface area contributed by atoms with Gasteiger partial charge in [-0.15, -0.1) is 0 Å². The minimum Gasteiger partial charge on any atom is -0.455 e. The maximum atomic E-state index is 12.5. The van der Waals surface area contributed by atoms with E-state index in [0.29, 0.717) is 18.1 Å². The van der Waals surface area contributed by atoms with Gasteiger partial charge in [0, 0.05) is 5.56 Å². The Labute approximate surface area is 139 Å². The summed E-state index contributed by atoms with van der Waals surface area (Å²) in [6.45, 7) is 2.62. The van der Waals surface area contributed by atoms with E-state index in [2.05, 4.69) is 20.5 Å². The molecule has 1 amide bonds. The van der Waals surface area contributed by atoms with E-state index in [0.717, 1.165) is 16.9 Å². The second-order valence-electron chi connectivity index (χ2n) is 5.84. The molecule has 0 spiro atoms. The Balaban J connectivity index is 1.83. The summed E-state index contributed by atoms with van der Waals surface area (Å²) in [7, 11) is 3.89. The van der Waals surface area contributed by atoms with Gasteiger partial charge >= 0.3 is 0 Å². The molecule has 124 valence electrons. The van der Waals surface area contributed by atoms with E-state index in [1.807, 2.05) is 44.1 Å². The van der Waals surface area contributed by atoms with Crippen LogP contribution in [0.3, 0.4) is 0 Å². The summed E-state index contributed by atoms with van der Waals surface area (Å²) in [6, 6.07) is 9.19. The largest absolute Gasteiger partial charge is 0.455 e. The van der Waals surface area contributed by atoms with E-state index in [4.69, 9.17) is 4.42 Å². The Morgan fingerprint density at radius 1 is 1.29 bits per heavy atom. The van der Waals surface area contributed by atoms with Crippen molar-refractivity contribution < 1.29 is 9.21 Å². The van der Waals surface area contributed by atoms with Gasteiger partial charge in [0.15, 0.2) is 11.6 Å². The molecule has 3 aromatic rings. The maximum Gasteiger partial charge on any atom is 0.291 e. The molecule has 0 saturated heterocycles. The zero-order valence-corrected chi connectivity index (χ0v) is 13.8. The highest BCUT2D eigenvalue weighted by molar-refractivity contribution is 6.04. The smallest absolute Gasteiger partial charge is 0.291 e. The first kappa shape index (κ1) is 15.9. The fourth-order valence-corrected chi connectivity index (χ4v) is 2.38. The van der Waals surface area contributed by atoms with Crippen molar-refractivity contribution in [2.24, 2.45) is 0 Å². The van der Waals surface area contributed by atoms with Crippen LogP contribution in [0.4, 0.5) is 5.69 Å². The number of nitrogens with one attached hydrogen (secondary N) is 2. The minimum absolute atomic E-state index is 0.274. The normalized spacial score (nSPS) is 11.0. The summed E-state index contributed by atoms with van der Waals surface area (Å²) in [6.07, 6.45) is 1.43. The van der Waals surface area contributed by atoms with E-state index in [-0.39, 0.29) is 11.7 Å². The molecule has 24 heavy (non-hydrogen) atoms. The fourth-order valence-electron chi connectivity index (χ4n) is 2.38. The number of carbonyl (C=O) groups excluding carboxylic acids is 1. The molecule has 7 nitrogen and oxygen atoms in total. The van der Waals surface area contributed by atoms with Crippen molar-refractivity contribution in [3.8, 4) is 11.4 Å². The van der Waals surface area contributed by atoms with Crippen LogP contribution in [0.1, 0.15) is 21.9 Å². The highest BCUT2D eigenvalue weighted by Gasteiger charge is 2.15. The summed E-state index contributed by atoms with van der Waals surface area (Å²) < 4.78 is 5.59. The van der Waals surface area contributed by atoms with Crippen LogP contribution in [0.5, 0.6) is 0 Å². The average molecular weight is 325 g/mol. The SMILES string of the molecule is Cc1ccc(NC(=O)c2ccc(CN(C)C)o2)c(-c2ncn[nH]2)c1. The minimum atomic E-state index is -0.301. The number of aromatic nitrogens is 3. The maximum absolute atomic E-state index is 12.5. The van der Waals surface area contributed by atoms with Crippen LogP contribution in [0.25, 0.3) is 11.4 Å². The number of furan rings is 1. The highest BCUT2D eigenvalue weighted by Crippen LogP contribution is 2.26. The van der Waals surface area contributed by atoms with Gasteiger partial charge in [0.25, 0.3) is 5.91 Å². The van der Waals surface area contributed by atoms with Crippen LogP contribution in [0, 0.1) is 6.92 Å². The van der Waals surface area contributed by atoms with Gasteiger partial charge in [-0.05, 0) is 45.3 Å². The van der Waals surface area contributed by atoms with Crippen LogP contribution in [0.2, 0.25) is 0 Å². The number of hydrogen-bond acceptors (Lipinski definition) is 5. The Morgan fingerprint density at radius 2 is 2.12 bits per heavy atom. The predicted octanol–water partition coefficient (Wildman–Crippen LogP) is 2.69. The van der Waals surface area contributed by atoms with Crippen molar-refractivity contribution in [1.82, 2.24) is 20.1 Å².